The molecule has 0 unspecified atom stereocenters. The van der Waals surface area contributed by atoms with Gasteiger partial charge in [0.15, 0.2) is 0 Å². The average molecular weight is 316 g/mol. The van der Waals surface area contributed by atoms with Crippen molar-refractivity contribution in [1.82, 2.24) is 25.0 Å². The fourth-order valence-electron chi connectivity index (χ4n) is 2.68. The van der Waals surface area contributed by atoms with Gasteiger partial charge >= 0.3 is 0 Å². The second kappa shape index (κ2) is 6.08. The summed E-state index contributed by atoms with van der Waals surface area (Å²) in [7, 11) is 1.89. The molecule has 24 heavy (non-hydrogen) atoms. The van der Waals surface area contributed by atoms with Crippen LogP contribution in [0.25, 0.3) is 22.2 Å². The summed E-state index contributed by atoms with van der Waals surface area (Å²) in [6.45, 7) is 0.638. The van der Waals surface area contributed by atoms with Crippen LogP contribution in [0, 0.1) is 0 Å². The van der Waals surface area contributed by atoms with Crippen LogP contribution in [0.3, 0.4) is 0 Å². The van der Waals surface area contributed by atoms with E-state index in [1.165, 1.54) is 0 Å². The minimum atomic E-state index is 0.638. The molecule has 1 N–H and O–H groups in total. The van der Waals surface area contributed by atoms with Gasteiger partial charge in [-0.15, -0.1) is 5.10 Å². The third kappa shape index (κ3) is 2.69. The van der Waals surface area contributed by atoms with Gasteiger partial charge in [0.2, 0.25) is 0 Å². The van der Waals surface area contributed by atoms with Crippen LogP contribution in [0.4, 0.5) is 5.82 Å². The molecule has 0 aliphatic heterocycles. The first-order valence-electron chi connectivity index (χ1n) is 7.69. The molecule has 4 aromatic rings. The van der Waals surface area contributed by atoms with E-state index in [0.29, 0.717) is 6.54 Å². The number of nitrogens with zero attached hydrogens (tertiary/aromatic N) is 5. The molecule has 0 amide bonds. The zero-order valence-corrected chi connectivity index (χ0v) is 13.2. The topological polar surface area (TPSA) is 68.5 Å². The number of hydrogen-bond donors (Lipinski definition) is 1. The summed E-state index contributed by atoms with van der Waals surface area (Å²) in [5.74, 6) is 0.817. The van der Waals surface area contributed by atoms with E-state index < -0.39 is 0 Å². The highest BCUT2D eigenvalue weighted by Gasteiger charge is 2.07. The Kier molecular flexibility index (Phi) is 3.63. The van der Waals surface area contributed by atoms with Crippen molar-refractivity contribution in [3.63, 3.8) is 0 Å². The van der Waals surface area contributed by atoms with Gasteiger partial charge in [0.1, 0.15) is 11.3 Å². The predicted octanol–water partition coefficient (Wildman–Crippen LogP) is 3.04. The van der Waals surface area contributed by atoms with Gasteiger partial charge in [-0.2, -0.15) is 0 Å². The lowest BCUT2D eigenvalue weighted by Crippen LogP contribution is -2.02. The number of aryl methyl sites for hydroxylation is 1. The Labute approximate surface area is 139 Å². The highest BCUT2D eigenvalue weighted by Crippen LogP contribution is 2.21. The molecule has 0 atom stereocenters. The van der Waals surface area contributed by atoms with E-state index in [1.807, 2.05) is 49.6 Å². The third-order valence-corrected chi connectivity index (χ3v) is 3.94. The van der Waals surface area contributed by atoms with Gasteiger partial charge in [0.05, 0.1) is 5.52 Å². The van der Waals surface area contributed by atoms with Crippen molar-refractivity contribution >= 4 is 16.9 Å². The van der Waals surface area contributed by atoms with E-state index in [1.54, 1.807) is 17.1 Å². The molecule has 4 rings (SSSR count). The van der Waals surface area contributed by atoms with Crippen LogP contribution in [0.2, 0.25) is 0 Å². The lowest BCUT2D eigenvalue weighted by atomic mass is 10.1. The van der Waals surface area contributed by atoms with Crippen molar-refractivity contribution in [2.75, 3.05) is 5.32 Å². The van der Waals surface area contributed by atoms with Crippen LogP contribution in [-0.2, 0) is 13.6 Å². The second-order valence-electron chi connectivity index (χ2n) is 5.52. The van der Waals surface area contributed by atoms with Gasteiger partial charge in [0.25, 0.3) is 0 Å². The van der Waals surface area contributed by atoms with E-state index in [0.717, 1.165) is 33.5 Å². The van der Waals surface area contributed by atoms with Crippen LogP contribution in [-0.4, -0.2) is 25.0 Å². The molecule has 0 saturated carbocycles. The molecule has 0 aliphatic carbocycles. The zero-order valence-electron chi connectivity index (χ0n) is 13.2. The van der Waals surface area contributed by atoms with E-state index in [4.69, 9.17) is 0 Å². The zero-order chi connectivity index (χ0) is 16.4. The van der Waals surface area contributed by atoms with Gasteiger partial charge in [-0.1, -0.05) is 23.4 Å². The van der Waals surface area contributed by atoms with Crippen molar-refractivity contribution in [2.45, 2.75) is 6.54 Å². The number of rotatable bonds is 4. The molecule has 1 aromatic carbocycles. The molecule has 0 saturated heterocycles. The van der Waals surface area contributed by atoms with E-state index in [9.17, 15) is 0 Å². The molecular formula is C18H16N6. The van der Waals surface area contributed by atoms with Crippen LogP contribution in [0.1, 0.15) is 5.56 Å². The molecule has 118 valence electrons. The maximum Gasteiger partial charge on any atom is 0.126 e. The summed E-state index contributed by atoms with van der Waals surface area (Å²) in [5, 5.41) is 11.7. The van der Waals surface area contributed by atoms with Gasteiger partial charge < -0.3 is 5.32 Å². The first-order valence-corrected chi connectivity index (χ1v) is 7.69. The fraction of sp³-hybridized carbons (Fsp3) is 0.111. The average Bonchev–Trinajstić information content (AvgIpc) is 3.03. The molecule has 6 heteroatoms. The number of fused-ring (bicyclic) bond motifs is 1. The quantitative estimate of drug-likeness (QED) is 0.627. The van der Waals surface area contributed by atoms with Crippen molar-refractivity contribution in [1.29, 1.82) is 0 Å². The predicted molar refractivity (Wildman–Crippen MR) is 93.3 cm³/mol. The fourth-order valence-corrected chi connectivity index (χ4v) is 2.68. The summed E-state index contributed by atoms with van der Waals surface area (Å²) in [4.78, 5) is 8.55. The van der Waals surface area contributed by atoms with Crippen molar-refractivity contribution in [3.8, 4) is 11.1 Å². The third-order valence-electron chi connectivity index (χ3n) is 3.94. The monoisotopic (exact) mass is 316 g/mol. The Bertz CT molecular complexity index is 977. The smallest absolute Gasteiger partial charge is 0.126 e. The normalized spacial score (nSPS) is 10.9. The molecule has 6 nitrogen and oxygen atoms in total. The Morgan fingerprint density at radius 3 is 2.88 bits per heavy atom. The summed E-state index contributed by atoms with van der Waals surface area (Å²) >= 11 is 0. The number of nitrogens with one attached hydrogen (secondary N) is 1. The van der Waals surface area contributed by atoms with Gasteiger partial charge in [-0.05, 0) is 29.8 Å². The molecule has 3 aromatic heterocycles. The number of pyridine rings is 2. The second-order valence-corrected chi connectivity index (χ2v) is 5.52. The Morgan fingerprint density at radius 1 is 1.04 bits per heavy atom. The molecule has 0 spiro atoms. The van der Waals surface area contributed by atoms with E-state index >= 15 is 0 Å². The molecule has 0 bridgehead atoms. The van der Waals surface area contributed by atoms with Crippen LogP contribution in [0.5, 0.6) is 0 Å². The molecule has 0 fully saturated rings. The molecule has 0 aliphatic rings. The van der Waals surface area contributed by atoms with Gasteiger partial charge in [-0.25, -0.2) is 9.67 Å². The standard InChI is InChI=1S/C18H16N6/c1-24-16-6-2-4-15(18(16)22-23-24)12-21-17-10-13(7-9-20-17)14-5-3-8-19-11-14/h2-11H,12H2,1H3,(H,20,21). The molecule has 3 heterocycles. The number of benzene rings is 1. The minimum absolute atomic E-state index is 0.638. The lowest BCUT2D eigenvalue weighted by molar-refractivity contribution is 0.736. The number of anilines is 1. The maximum atomic E-state index is 4.39. The SMILES string of the molecule is Cn1nnc2c(CNc3cc(-c4cccnc4)ccn3)cccc21. The Morgan fingerprint density at radius 2 is 2.00 bits per heavy atom. The van der Waals surface area contributed by atoms with Crippen molar-refractivity contribution < 1.29 is 0 Å². The lowest BCUT2D eigenvalue weighted by Gasteiger charge is -2.08. The van der Waals surface area contributed by atoms with Gasteiger partial charge in [-0.3, -0.25) is 4.98 Å². The Balaban J connectivity index is 1.58. The Hall–Kier alpha value is -3.28. The van der Waals surface area contributed by atoms with Crippen molar-refractivity contribution in [2.24, 2.45) is 7.05 Å². The maximum absolute atomic E-state index is 4.39. The summed E-state index contributed by atoms with van der Waals surface area (Å²) in [6, 6.07) is 14.0. The van der Waals surface area contributed by atoms with Crippen LogP contribution in [0.15, 0.2) is 61.1 Å². The summed E-state index contributed by atoms with van der Waals surface area (Å²) in [6.07, 6.45) is 5.42. The summed E-state index contributed by atoms with van der Waals surface area (Å²) in [5.41, 5.74) is 5.17. The highest BCUT2D eigenvalue weighted by atomic mass is 15.4. The van der Waals surface area contributed by atoms with Gasteiger partial charge in [0, 0.05) is 43.3 Å². The van der Waals surface area contributed by atoms with Crippen molar-refractivity contribution in [3.05, 3.63) is 66.6 Å². The molecule has 0 radical (unpaired) electrons. The summed E-state index contributed by atoms with van der Waals surface area (Å²) < 4.78 is 1.78. The first-order chi connectivity index (χ1) is 11.8. The first kappa shape index (κ1) is 14.3. The van der Waals surface area contributed by atoms with Crippen LogP contribution < -0.4 is 5.32 Å². The molecular weight excluding hydrogens is 300 g/mol. The number of aromatic nitrogens is 5. The van der Waals surface area contributed by atoms with E-state index in [-0.39, 0.29) is 0 Å². The highest BCUT2D eigenvalue weighted by molar-refractivity contribution is 5.78. The number of hydrogen-bond acceptors (Lipinski definition) is 5. The minimum Gasteiger partial charge on any atom is -0.366 e. The van der Waals surface area contributed by atoms with Crippen LogP contribution >= 0.6 is 0 Å². The van der Waals surface area contributed by atoms with E-state index in [2.05, 4.69) is 31.7 Å². The largest absolute Gasteiger partial charge is 0.366 e.